The predicted molar refractivity (Wildman–Crippen MR) is 81.0 cm³/mol. The van der Waals surface area contributed by atoms with Gasteiger partial charge in [0.2, 0.25) is 0 Å². The first-order chi connectivity index (χ1) is 9.29. The Morgan fingerprint density at radius 3 is 2.37 bits per heavy atom. The van der Waals surface area contributed by atoms with Crippen LogP contribution in [0.4, 0.5) is 0 Å². The summed E-state index contributed by atoms with van der Waals surface area (Å²) in [4.78, 5) is 0. The molecule has 2 nitrogen and oxygen atoms in total. The van der Waals surface area contributed by atoms with Crippen molar-refractivity contribution in [1.29, 1.82) is 0 Å². The van der Waals surface area contributed by atoms with Crippen LogP contribution in [0.1, 0.15) is 50.9 Å². The standard InChI is InChI=1S/C16H23BrO2/c1-2-3-4-5-6-13-11-18-16(19-12-13)14-7-9-15(17)10-8-14/h7-10,13,16H,2-6,11-12H2,1H3. The maximum absolute atomic E-state index is 5.84. The third-order valence-corrected chi connectivity index (χ3v) is 4.10. The molecule has 1 aromatic carbocycles. The van der Waals surface area contributed by atoms with Gasteiger partial charge in [-0.2, -0.15) is 0 Å². The van der Waals surface area contributed by atoms with Crippen molar-refractivity contribution < 1.29 is 9.47 Å². The monoisotopic (exact) mass is 326 g/mol. The fourth-order valence-electron chi connectivity index (χ4n) is 2.38. The maximum atomic E-state index is 5.84. The first kappa shape index (κ1) is 15.0. The summed E-state index contributed by atoms with van der Waals surface area (Å²) in [5.41, 5.74) is 1.10. The molecule has 1 aliphatic rings. The predicted octanol–water partition coefficient (Wildman–Crippen LogP) is 5.08. The lowest BCUT2D eigenvalue weighted by Crippen LogP contribution is -2.27. The molecule has 19 heavy (non-hydrogen) atoms. The second kappa shape index (κ2) is 8.03. The summed E-state index contributed by atoms with van der Waals surface area (Å²) < 4.78 is 12.8. The summed E-state index contributed by atoms with van der Waals surface area (Å²) >= 11 is 3.44. The van der Waals surface area contributed by atoms with Crippen LogP contribution in [0.15, 0.2) is 28.7 Å². The molecule has 0 atom stereocenters. The van der Waals surface area contributed by atoms with E-state index in [0.29, 0.717) is 5.92 Å². The molecule has 0 aliphatic carbocycles. The van der Waals surface area contributed by atoms with Gasteiger partial charge in [0.25, 0.3) is 0 Å². The lowest BCUT2D eigenvalue weighted by atomic mass is 10.0. The molecule has 1 fully saturated rings. The molecule has 0 amide bonds. The average Bonchev–Trinajstić information content (AvgIpc) is 2.45. The SMILES string of the molecule is CCCCCCC1COC(c2ccc(Br)cc2)OC1. The van der Waals surface area contributed by atoms with Crippen molar-refractivity contribution in [2.45, 2.75) is 45.3 Å². The zero-order valence-corrected chi connectivity index (χ0v) is 13.2. The van der Waals surface area contributed by atoms with Crippen molar-refractivity contribution in [3.05, 3.63) is 34.3 Å². The Morgan fingerprint density at radius 1 is 1.05 bits per heavy atom. The van der Waals surface area contributed by atoms with Gasteiger partial charge in [0.15, 0.2) is 6.29 Å². The molecule has 0 unspecified atom stereocenters. The van der Waals surface area contributed by atoms with E-state index in [9.17, 15) is 0 Å². The third kappa shape index (κ3) is 4.90. The molecule has 0 bridgehead atoms. The van der Waals surface area contributed by atoms with Crippen molar-refractivity contribution in [1.82, 2.24) is 0 Å². The number of hydrogen-bond donors (Lipinski definition) is 0. The molecule has 0 saturated carbocycles. The lowest BCUT2D eigenvalue weighted by molar-refractivity contribution is -0.206. The molecule has 1 heterocycles. The maximum Gasteiger partial charge on any atom is 0.183 e. The number of hydrogen-bond acceptors (Lipinski definition) is 2. The van der Waals surface area contributed by atoms with E-state index >= 15 is 0 Å². The van der Waals surface area contributed by atoms with Gasteiger partial charge in [-0.25, -0.2) is 0 Å². The second-order valence-corrected chi connectivity index (χ2v) is 6.18. The number of rotatable bonds is 6. The zero-order chi connectivity index (χ0) is 13.5. The highest BCUT2D eigenvalue weighted by Gasteiger charge is 2.23. The minimum atomic E-state index is -0.181. The Morgan fingerprint density at radius 2 is 1.74 bits per heavy atom. The Labute approximate surface area is 124 Å². The van der Waals surface area contributed by atoms with Crippen LogP contribution in [-0.4, -0.2) is 13.2 Å². The van der Waals surface area contributed by atoms with Crippen LogP contribution in [0, 0.1) is 5.92 Å². The third-order valence-electron chi connectivity index (χ3n) is 3.57. The van der Waals surface area contributed by atoms with Crippen LogP contribution >= 0.6 is 15.9 Å². The Hall–Kier alpha value is -0.380. The van der Waals surface area contributed by atoms with Crippen molar-refractivity contribution in [2.75, 3.05) is 13.2 Å². The van der Waals surface area contributed by atoms with Crippen molar-refractivity contribution in [3.63, 3.8) is 0 Å². The second-order valence-electron chi connectivity index (χ2n) is 5.27. The van der Waals surface area contributed by atoms with E-state index in [4.69, 9.17) is 9.47 Å². The molecule has 1 aromatic rings. The Kier molecular flexibility index (Phi) is 6.35. The topological polar surface area (TPSA) is 18.5 Å². The largest absolute Gasteiger partial charge is 0.348 e. The molecule has 3 heteroatoms. The quantitative estimate of drug-likeness (QED) is 0.678. The average molecular weight is 327 g/mol. The van der Waals surface area contributed by atoms with Gasteiger partial charge in [0, 0.05) is 16.0 Å². The van der Waals surface area contributed by atoms with Gasteiger partial charge in [-0.1, -0.05) is 60.7 Å². The highest BCUT2D eigenvalue weighted by Crippen LogP contribution is 2.28. The normalized spacial score (nSPS) is 23.5. The first-order valence-electron chi connectivity index (χ1n) is 7.28. The Bertz CT molecular complexity index is 356. The van der Waals surface area contributed by atoms with Crippen LogP contribution < -0.4 is 0 Å². The summed E-state index contributed by atoms with van der Waals surface area (Å²) in [6.45, 7) is 3.90. The molecule has 0 spiro atoms. The van der Waals surface area contributed by atoms with Gasteiger partial charge in [0.1, 0.15) is 0 Å². The number of ether oxygens (including phenoxy) is 2. The summed E-state index contributed by atoms with van der Waals surface area (Å²) in [6.07, 6.45) is 6.32. The number of benzene rings is 1. The van der Waals surface area contributed by atoms with Crippen molar-refractivity contribution in [2.24, 2.45) is 5.92 Å². The van der Waals surface area contributed by atoms with Crippen LogP contribution in [0.25, 0.3) is 0 Å². The van der Waals surface area contributed by atoms with Gasteiger partial charge < -0.3 is 9.47 Å². The molecular weight excluding hydrogens is 304 g/mol. The number of halogens is 1. The summed E-state index contributed by atoms with van der Waals surface area (Å²) in [5.74, 6) is 0.573. The van der Waals surface area contributed by atoms with Crippen LogP contribution in [0.2, 0.25) is 0 Å². The highest BCUT2D eigenvalue weighted by molar-refractivity contribution is 9.10. The molecule has 2 rings (SSSR count). The van der Waals surface area contributed by atoms with Gasteiger partial charge in [0.05, 0.1) is 13.2 Å². The van der Waals surface area contributed by atoms with E-state index in [2.05, 4.69) is 35.0 Å². The van der Waals surface area contributed by atoms with Crippen LogP contribution in [-0.2, 0) is 9.47 Å². The van der Waals surface area contributed by atoms with Crippen molar-refractivity contribution >= 4 is 15.9 Å². The van der Waals surface area contributed by atoms with Gasteiger partial charge >= 0.3 is 0 Å². The van der Waals surface area contributed by atoms with Crippen molar-refractivity contribution in [3.8, 4) is 0 Å². The lowest BCUT2D eigenvalue weighted by Gasteiger charge is -2.29. The summed E-state index contributed by atoms with van der Waals surface area (Å²) in [5, 5.41) is 0. The number of unbranched alkanes of at least 4 members (excludes halogenated alkanes) is 3. The minimum Gasteiger partial charge on any atom is -0.348 e. The molecule has 0 aromatic heterocycles. The van der Waals surface area contributed by atoms with E-state index in [1.807, 2.05) is 12.1 Å². The fourth-order valence-corrected chi connectivity index (χ4v) is 2.65. The minimum absolute atomic E-state index is 0.181. The summed E-state index contributed by atoms with van der Waals surface area (Å²) in [7, 11) is 0. The van der Waals surface area contributed by atoms with Crippen LogP contribution in [0.3, 0.4) is 0 Å². The molecule has 106 valence electrons. The highest BCUT2D eigenvalue weighted by atomic mass is 79.9. The van der Waals surface area contributed by atoms with Gasteiger partial charge in [-0.15, -0.1) is 0 Å². The molecular formula is C16H23BrO2. The van der Waals surface area contributed by atoms with E-state index in [0.717, 1.165) is 23.2 Å². The smallest absolute Gasteiger partial charge is 0.183 e. The molecule has 1 saturated heterocycles. The van der Waals surface area contributed by atoms with E-state index in [-0.39, 0.29) is 6.29 Å². The zero-order valence-electron chi connectivity index (χ0n) is 11.6. The molecule has 0 N–H and O–H groups in total. The fraction of sp³-hybridized carbons (Fsp3) is 0.625. The van der Waals surface area contributed by atoms with E-state index in [1.54, 1.807) is 0 Å². The van der Waals surface area contributed by atoms with E-state index in [1.165, 1.54) is 32.1 Å². The van der Waals surface area contributed by atoms with Crippen LogP contribution in [0.5, 0.6) is 0 Å². The van der Waals surface area contributed by atoms with E-state index < -0.39 is 0 Å². The summed E-state index contributed by atoms with van der Waals surface area (Å²) in [6, 6.07) is 8.16. The Balaban J connectivity index is 1.71. The molecule has 0 radical (unpaired) electrons. The van der Waals surface area contributed by atoms with Gasteiger partial charge in [-0.05, 0) is 18.6 Å². The first-order valence-corrected chi connectivity index (χ1v) is 8.07. The van der Waals surface area contributed by atoms with Gasteiger partial charge in [-0.3, -0.25) is 0 Å². The molecule has 1 aliphatic heterocycles.